The van der Waals surface area contributed by atoms with Crippen LogP contribution < -0.4 is 14.8 Å². The molecule has 0 aliphatic carbocycles. The van der Waals surface area contributed by atoms with E-state index in [4.69, 9.17) is 9.47 Å². The highest BCUT2D eigenvalue weighted by Crippen LogP contribution is 2.30. The lowest BCUT2D eigenvalue weighted by Crippen LogP contribution is -2.39. The summed E-state index contributed by atoms with van der Waals surface area (Å²) in [5.41, 5.74) is 0. The molecule has 4 nitrogen and oxygen atoms in total. The Morgan fingerprint density at radius 1 is 1.40 bits per heavy atom. The Bertz CT molecular complexity index is 585. The summed E-state index contributed by atoms with van der Waals surface area (Å²) in [6, 6.07) is 8.07. The van der Waals surface area contributed by atoms with Crippen molar-refractivity contribution >= 4 is 11.3 Å². The van der Waals surface area contributed by atoms with E-state index >= 15 is 0 Å². The summed E-state index contributed by atoms with van der Waals surface area (Å²) in [5.74, 6) is 1.65. The summed E-state index contributed by atoms with van der Waals surface area (Å²) in [4.78, 5) is 5.53. The summed E-state index contributed by atoms with van der Waals surface area (Å²) in [6.45, 7) is 5.51. The molecule has 0 fully saturated rings. The number of aromatic nitrogens is 1. The maximum atomic E-state index is 5.92. The molecule has 0 unspecified atom stereocenters. The van der Waals surface area contributed by atoms with Crippen LogP contribution >= 0.6 is 11.3 Å². The van der Waals surface area contributed by atoms with Crippen LogP contribution in [0.4, 0.5) is 0 Å². The fourth-order valence-corrected chi connectivity index (χ4v) is 2.96. The zero-order valence-corrected chi connectivity index (χ0v) is 12.4. The van der Waals surface area contributed by atoms with Gasteiger partial charge in [-0.05, 0) is 26.0 Å². The smallest absolute Gasteiger partial charge is 0.161 e. The van der Waals surface area contributed by atoms with Crippen LogP contribution in [0.5, 0.6) is 11.5 Å². The fourth-order valence-electron chi connectivity index (χ4n) is 2.15. The van der Waals surface area contributed by atoms with Gasteiger partial charge < -0.3 is 14.8 Å². The van der Waals surface area contributed by atoms with E-state index in [-0.39, 0.29) is 12.1 Å². The van der Waals surface area contributed by atoms with Crippen molar-refractivity contribution in [2.75, 3.05) is 13.2 Å². The van der Waals surface area contributed by atoms with E-state index in [0.29, 0.717) is 6.61 Å². The molecular formula is C15H18N2O2S. The highest BCUT2D eigenvalue weighted by atomic mass is 32.1. The van der Waals surface area contributed by atoms with E-state index < -0.39 is 0 Å². The molecule has 2 aromatic rings. The molecule has 1 aliphatic heterocycles. The average Bonchev–Trinajstić information content (AvgIpc) is 2.91. The largest absolute Gasteiger partial charge is 0.486 e. The first-order valence-corrected chi connectivity index (χ1v) is 7.58. The van der Waals surface area contributed by atoms with Crippen LogP contribution in [0.1, 0.15) is 22.9 Å². The van der Waals surface area contributed by atoms with Crippen molar-refractivity contribution in [3.05, 3.63) is 40.3 Å². The summed E-state index contributed by atoms with van der Waals surface area (Å²) in [6.07, 6.45) is 1.98. The third-order valence-corrected chi connectivity index (χ3v) is 4.38. The molecule has 3 rings (SSSR count). The SMILES string of the molecule is Cc1ncc([C@H](C)NC[C@@H]2COc3ccccc3O2)s1. The number of nitrogens with zero attached hydrogens (tertiary/aromatic N) is 1. The van der Waals surface area contributed by atoms with Gasteiger partial charge in [-0.15, -0.1) is 11.3 Å². The van der Waals surface area contributed by atoms with Crippen LogP contribution in [0, 0.1) is 6.92 Å². The van der Waals surface area contributed by atoms with E-state index in [1.807, 2.05) is 37.4 Å². The number of fused-ring (bicyclic) bond motifs is 1. The lowest BCUT2D eigenvalue weighted by Gasteiger charge is -2.27. The maximum Gasteiger partial charge on any atom is 0.161 e. The van der Waals surface area contributed by atoms with Crippen LogP contribution in [0.3, 0.4) is 0 Å². The van der Waals surface area contributed by atoms with E-state index in [1.165, 1.54) is 4.88 Å². The van der Waals surface area contributed by atoms with Crippen molar-refractivity contribution in [3.8, 4) is 11.5 Å². The maximum absolute atomic E-state index is 5.92. The van der Waals surface area contributed by atoms with E-state index in [2.05, 4.69) is 17.2 Å². The monoisotopic (exact) mass is 290 g/mol. The normalized spacial score (nSPS) is 18.8. The summed E-state index contributed by atoms with van der Waals surface area (Å²) >= 11 is 1.73. The number of thiazole rings is 1. The molecule has 1 aliphatic rings. The lowest BCUT2D eigenvalue weighted by atomic mass is 10.2. The molecule has 0 saturated heterocycles. The number of hydrogen-bond acceptors (Lipinski definition) is 5. The van der Waals surface area contributed by atoms with Gasteiger partial charge in [0, 0.05) is 23.7 Å². The number of aryl methyl sites for hydroxylation is 1. The van der Waals surface area contributed by atoms with Crippen molar-refractivity contribution in [1.29, 1.82) is 0 Å². The van der Waals surface area contributed by atoms with E-state index in [1.54, 1.807) is 11.3 Å². The van der Waals surface area contributed by atoms with Gasteiger partial charge in [-0.3, -0.25) is 0 Å². The van der Waals surface area contributed by atoms with Gasteiger partial charge in [0.25, 0.3) is 0 Å². The number of nitrogens with one attached hydrogen (secondary N) is 1. The zero-order chi connectivity index (χ0) is 13.9. The number of hydrogen-bond donors (Lipinski definition) is 1. The molecule has 5 heteroatoms. The van der Waals surface area contributed by atoms with Crippen molar-refractivity contribution in [2.24, 2.45) is 0 Å². The molecular weight excluding hydrogens is 272 g/mol. The first-order valence-electron chi connectivity index (χ1n) is 6.76. The molecule has 0 saturated carbocycles. The average molecular weight is 290 g/mol. The van der Waals surface area contributed by atoms with Gasteiger partial charge in [-0.2, -0.15) is 0 Å². The lowest BCUT2D eigenvalue weighted by molar-refractivity contribution is 0.0887. The van der Waals surface area contributed by atoms with Crippen molar-refractivity contribution in [2.45, 2.75) is 26.0 Å². The van der Waals surface area contributed by atoms with Crippen LogP contribution in [-0.2, 0) is 0 Å². The minimum absolute atomic E-state index is 0.0429. The first-order chi connectivity index (χ1) is 9.72. The van der Waals surface area contributed by atoms with Crippen LogP contribution in [-0.4, -0.2) is 24.2 Å². The number of benzene rings is 1. The van der Waals surface area contributed by atoms with Gasteiger partial charge in [0.05, 0.1) is 5.01 Å². The molecule has 20 heavy (non-hydrogen) atoms. The zero-order valence-electron chi connectivity index (χ0n) is 11.6. The van der Waals surface area contributed by atoms with Crippen LogP contribution in [0.25, 0.3) is 0 Å². The van der Waals surface area contributed by atoms with Gasteiger partial charge >= 0.3 is 0 Å². The Morgan fingerprint density at radius 2 is 2.20 bits per heavy atom. The van der Waals surface area contributed by atoms with Gasteiger partial charge in [0.2, 0.25) is 0 Å². The second-order valence-corrected chi connectivity index (χ2v) is 6.18. The second-order valence-electron chi connectivity index (χ2n) is 4.91. The molecule has 0 amide bonds. The minimum atomic E-state index is 0.0429. The Hall–Kier alpha value is -1.59. The second kappa shape index (κ2) is 5.81. The van der Waals surface area contributed by atoms with Crippen molar-refractivity contribution in [1.82, 2.24) is 10.3 Å². The highest BCUT2D eigenvalue weighted by Gasteiger charge is 2.21. The number of para-hydroxylation sites is 2. The molecule has 1 aromatic heterocycles. The molecule has 2 heterocycles. The van der Waals surface area contributed by atoms with Gasteiger partial charge in [-0.1, -0.05) is 12.1 Å². The fraction of sp³-hybridized carbons (Fsp3) is 0.400. The van der Waals surface area contributed by atoms with Crippen molar-refractivity contribution < 1.29 is 9.47 Å². The quantitative estimate of drug-likeness (QED) is 0.940. The molecule has 0 spiro atoms. The third kappa shape index (κ3) is 2.94. The minimum Gasteiger partial charge on any atom is -0.486 e. The molecule has 1 N–H and O–H groups in total. The Kier molecular flexibility index (Phi) is 3.89. The molecule has 0 bridgehead atoms. The topological polar surface area (TPSA) is 43.4 Å². The van der Waals surface area contributed by atoms with E-state index in [0.717, 1.165) is 23.1 Å². The van der Waals surface area contributed by atoms with Gasteiger partial charge in [-0.25, -0.2) is 4.98 Å². The summed E-state index contributed by atoms with van der Waals surface area (Å²) < 4.78 is 11.6. The molecule has 1 aromatic carbocycles. The molecule has 2 atom stereocenters. The predicted molar refractivity (Wildman–Crippen MR) is 79.6 cm³/mol. The van der Waals surface area contributed by atoms with Crippen LogP contribution in [0.15, 0.2) is 30.5 Å². The molecule has 0 radical (unpaired) electrons. The van der Waals surface area contributed by atoms with Gasteiger partial charge in [0.1, 0.15) is 12.7 Å². The standard InChI is InChI=1S/C15H18N2O2S/c1-10(15-8-17-11(2)20-15)16-7-12-9-18-13-5-3-4-6-14(13)19-12/h3-6,8,10,12,16H,7,9H2,1-2H3/t10-,12+/m0/s1. The Balaban J connectivity index is 1.55. The highest BCUT2D eigenvalue weighted by molar-refractivity contribution is 7.11. The third-order valence-electron chi connectivity index (χ3n) is 3.29. The Morgan fingerprint density at radius 3 is 2.95 bits per heavy atom. The number of ether oxygens (including phenoxy) is 2. The van der Waals surface area contributed by atoms with Crippen molar-refractivity contribution in [3.63, 3.8) is 0 Å². The predicted octanol–water partition coefficient (Wildman–Crippen LogP) is 2.94. The number of rotatable bonds is 4. The Labute approximate surface area is 122 Å². The first kappa shape index (κ1) is 13.4. The van der Waals surface area contributed by atoms with Gasteiger partial charge in [0.15, 0.2) is 11.5 Å². The summed E-state index contributed by atoms with van der Waals surface area (Å²) in [5, 5.41) is 4.58. The summed E-state index contributed by atoms with van der Waals surface area (Å²) in [7, 11) is 0. The van der Waals surface area contributed by atoms with Crippen LogP contribution in [0.2, 0.25) is 0 Å². The molecule has 106 valence electrons. The van der Waals surface area contributed by atoms with E-state index in [9.17, 15) is 0 Å².